The van der Waals surface area contributed by atoms with Crippen molar-refractivity contribution >= 4 is 11.1 Å². The summed E-state index contributed by atoms with van der Waals surface area (Å²) in [6, 6.07) is 73.9. The van der Waals surface area contributed by atoms with Gasteiger partial charge in [0.05, 0.1) is 5.56 Å². The van der Waals surface area contributed by atoms with Crippen molar-refractivity contribution in [2.45, 2.75) is 0 Å². The Kier molecular flexibility index (Phi) is 11.4. The average Bonchev–Trinajstić information content (AvgIpc) is 3.34. The van der Waals surface area contributed by atoms with Gasteiger partial charge in [-0.3, -0.25) is 0 Å². The van der Waals surface area contributed by atoms with Crippen LogP contribution in [-0.2, 0) is 0 Å². The van der Waals surface area contributed by atoms with Crippen molar-refractivity contribution in [1.82, 2.24) is 4.98 Å². The van der Waals surface area contributed by atoms with Crippen LogP contribution in [0.5, 0.6) is 28.7 Å². The number of hydrogen-bond acceptors (Lipinski definition) is 6. The molecule has 0 amide bonds. The van der Waals surface area contributed by atoms with Gasteiger partial charge in [0.15, 0.2) is 22.8 Å². The first kappa shape index (κ1) is 39.0. The Morgan fingerprint density at radius 1 is 0.403 bits per heavy atom. The smallest absolute Gasteiger partial charge is 0.363 e. The molecule has 10 aromatic rings. The summed E-state index contributed by atoms with van der Waals surface area (Å²) < 4.78 is 20.0. The molecule has 6 heteroatoms. The number of aromatic nitrogens is 1. The summed E-state index contributed by atoms with van der Waals surface area (Å²) >= 11 is 0. The summed E-state index contributed by atoms with van der Waals surface area (Å²) in [5.41, 5.74) is 8.15. The maximum atomic E-state index is 13.6. The molecule has 0 saturated heterocycles. The first-order chi connectivity index (χ1) is 30.6. The Labute approximate surface area is 359 Å². The maximum Gasteiger partial charge on any atom is 0.363 e. The van der Waals surface area contributed by atoms with Gasteiger partial charge in [-0.25, -0.2) is 9.78 Å². The van der Waals surface area contributed by atoms with Gasteiger partial charge in [-0.1, -0.05) is 206 Å². The highest BCUT2D eigenvalue weighted by Gasteiger charge is 2.25. The van der Waals surface area contributed by atoms with E-state index >= 15 is 0 Å². The van der Waals surface area contributed by atoms with Gasteiger partial charge in [-0.15, -0.1) is 0 Å². The molecule has 0 aliphatic heterocycles. The van der Waals surface area contributed by atoms with Crippen LogP contribution in [0, 0.1) is 0 Å². The lowest BCUT2D eigenvalue weighted by Gasteiger charge is -2.20. The van der Waals surface area contributed by atoms with E-state index < -0.39 is 5.63 Å². The van der Waals surface area contributed by atoms with Crippen LogP contribution in [-0.4, -0.2) is 10.1 Å². The Hall–Kier alpha value is -8.48. The number of rotatable bonds is 9. The van der Waals surface area contributed by atoms with Crippen LogP contribution in [0.2, 0.25) is 0 Å². The van der Waals surface area contributed by atoms with Crippen LogP contribution in [0.4, 0.5) is 0 Å². The number of aromatic hydroxyl groups is 1. The van der Waals surface area contributed by atoms with Gasteiger partial charge in [0.25, 0.3) is 0 Å². The molecule has 0 atom stereocenters. The van der Waals surface area contributed by atoms with Gasteiger partial charge in [0, 0.05) is 28.3 Å². The zero-order valence-electron chi connectivity index (χ0n) is 33.5. The average molecular weight is 806 g/mol. The zero-order chi connectivity index (χ0) is 42.1. The molecule has 0 spiro atoms. The van der Waals surface area contributed by atoms with Gasteiger partial charge in [-0.05, 0) is 40.5 Å². The largest absolute Gasteiger partial charge is 0.507 e. The molecule has 0 bridgehead atoms. The standard InChI is InChI=1S/C44H29NO4.C12H10O/c46-44-41(33-23-11-4-12-24-33)45-36-29-39(47-37-27-15-13-25-34(37)30-17-5-1-6-18-30)43(40(42(36)49-44)32-21-9-3-10-22-32)48-38-28-16-14-26-35(38)31-19-7-2-8-20-31;13-12-9-5-4-8-11(12)10-6-2-1-3-7-10/h1-29H;1-9,13H. The number of ether oxygens (including phenoxy) is 2. The first-order valence-electron chi connectivity index (χ1n) is 20.2. The van der Waals surface area contributed by atoms with Crippen LogP contribution in [0.25, 0.3) is 66.9 Å². The molecule has 9 aromatic carbocycles. The van der Waals surface area contributed by atoms with E-state index in [0.29, 0.717) is 51.0 Å². The van der Waals surface area contributed by atoms with Crippen molar-refractivity contribution in [3.8, 4) is 84.5 Å². The number of nitrogens with zero attached hydrogens (tertiary/aromatic N) is 1. The quantitative estimate of drug-likeness (QED) is 0.156. The molecule has 0 saturated carbocycles. The lowest BCUT2D eigenvalue weighted by Crippen LogP contribution is -2.07. The summed E-state index contributed by atoms with van der Waals surface area (Å²) in [6.45, 7) is 0. The van der Waals surface area contributed by atoms with E-state index in [1.807, 2.05) is 218 Å². The summed E-state index contributed by atoms with van der Waals surface area (Å²) in [6.07, 6.45) is 0. The lowest BCUT2D eigenvalue weighted by atomic mass is 10.0. The molecule has 0 aliphatic carbocycles. The van der Waals surface area contributed by atoms with Crippen molar-refractivity contribution in [1.29, 1.82) is 0 Å². The fourth-order valence-corrected chi connectivity index (χ4v) is 7.31. The van der Waals surface area contributed by atoms with Crippen molar-refractivity contribution < 1.29 is 19.0 Å². The molecule has 1 heterocycles. The molecule has 1 aromatic heterocycles. The summed E-state index contributed by atoms with van der Waals surface area (Å²) in [5.74, 6) is 2.38. The third-order valence-electron chi connectivity index (χ3n) is 10.3. The van der Waals surface area contributed by atoms with E-state index in [1.165, 1.54) is 0 Å². The van der Waals surface area contributed by atoms with E-state index in [0.717, 1.165) is 38.9 Å². The lowest BCUT2D eigenvalue weighted by molar-refractivity contribution is 0.421. The Morgan fingerprint density at radius 3 is 1.32 bits per heavy atom. The van der Waals surface area contributed by atoms with Crippen molar-refractivity contribution in [3.05, 3.63) is 241 Å². The summed E-state index contributed by atoms with van der Waals surface area (Å²) in [5, 5.41) is 9.56. The minimum absolute atomic E-state index is 0.214. The minimum Gasteiger partial charge on any atom is -0.507 e. The fraction of sp³-hybridized carbons (Fsp3) is 0. The second-order valence-corrected chi connectivity index (χ2v) is 14.3. The molecular formula is C56H39NO5. The molecule has 0 fully saturated rings. The maximum absolute atomic E-state index is 13.6. The second-order valence-electron chi connectivity index (χ2n) is 14.3. The number of fused-ring (bicyclic) bond motifs is 1. The van der Waals surface area contributed by atoms with Crippen molar-refractivity contribution in [2.24, 2.45) is 0 Å². The van der Waals surface area contributed by atoms with Gasteiger partial charge >= 0.3 is 5.63 Å². The van der Waals surface area contributed by atoms with E-state index in [1.54, 1.807) is 12.1 Å². The van der Waals surface area contributed by atoms with Gasteiger partial charge < -0.3 is 19.0 Å². The van der Waals surface area contributed by atoms with E-state index in [2.05, 4.69) is 0 Å². The Balaban J connectivity index is 0.000000322. The monoisotopic (exact) mass is 805 g/mol. The van der Waals surface area contributed by atoms with Crippen molar-refractivity contribution in [2.75, 3.05) is 0 Å². The van der Waals surface area contributed by atoms with Crippen LogP contribution in [0.1, 0.15) is 0 Å². The van der Waals surface area contributed by atoms with E-state index in [9.17, 15) is 9.90 Å². The third kappa shape index (κ3) is 8.48. The molecule has 62 heavy (non-hydrogen) atoms. The molecule has 6 nitrogen and oxygen atoms in total. The SMILES string of the molecule is O=c1oc2c(-c3ccccc3)c(Oc3ccccc3-c3ccccc3)c(Oc3ccccc3-c3ccccc3)cc2nc1-c1ccccc1.Oc1ccccc1-c1ccccc1. The predicted molar refractivity (Wildman–Crippen MR) is 249 cm³/mol. The molecule has 0 aliphatic rings. The number of para-hydroxylation sites is 3. The molecule has 10 rings (SSSR count). The number of hydrogen-bond donors (Lipinski definition) is 1. The summed E-state index contributed by atoms with van der Waals surface area (Å²) in [7, 11) is 0. The van der Waals surface area contributed by atoms with Gasteiger partial charge in [0.2, 0.25) is 0 Å². The molecule has 298 valence electrons. The fourth-order valence-electron chi connectivity index (χ4n) is 7.31. The van der Waals surface area contributed by atoms with E-state index in [4.69, 9.17) is 18.9 Å². The van der Waals surface area contributed by atoms with E-state index in [-0.39, 0.29) is 5.69 Å². The molecule has 1 N–H and O–H groups in total. The topological polar surface area (TPSA) is 81.8 Å². The molecule has 0 unspecified atom stereocenters. The highest BCUT2D eigenvalue weighted by molar-refractivity contribution is 5.97. The Morgan fingerprint density at radius 2 is 0.806 bits per heavy atom. The van der Waals surface area contributed by atoms with Crippen LogP contribution in [0.3, 0.4) is 0 Å². The van der Waals surface area contributed by atoms with Crippen LogP contribution < -0.4 is 15.1 Å². The normalized spacial score (nSPS) is 10.7. The zero-order valence-corrected chi connectivity index (χ0v) is 33.5. The minimum atomic E-state index is -0.547. The molecule has 0 radical (unpaired) electrons. The van der Waals surface area contributed by atoms with Gasteiger partial charge in [0.1, 0.15) is 22.8 Å². The number of phenolic OH excluding ortho intramolecular Hbond substituents is 1. The Bertz CT molecular complexity index is 3140. The summed E-state index contributed by atoms with van der Waals surface area (Å²) in [4.78, 5) is 18.5. The highest BCUT2D eigenvalue weighted by Crippen LogP contribution is 2.49. The molecular weight excluding hydrogens is 767 g/mol. The second kappa shape index (κ2) is 18.2. The van der Waals surface area contributed by atoms with Crippen molar-refractivity contribution in [3.63, 3.8) is 0 Å². The van der Waals surface area contributed by atoms with Crippen LogP contribution >= 0.6 is 0 Å². The number of phenols is 1. The van der Waals surface area contributed by atoms with Gasteiger partial charge in [-0.2, -0.15) is 0 Å². The highest BCUT2D eigenvalue weighted by atomic mass is 16.5. The number of benzene rings is 9. The predicted octanol–water partition coefficient (Wildman–Crippen LogP) is 14.5. The van der Waals surface area contributed by atoms with Crippen LogP contribution in [0.15, 0.2) is 240 Å². The third-order valence-corrected chi connectivity index (χ3v) is 10.3. The first-order valence-corrected chi connectivity index (χ1v) is 20.2.